The highest BCUT2D eigenvalue weighted by atomic mass is 35.5. The minimum atomic E-state index is -0.897. The zero-order chi connectivity index (χ0) is 12.3. The average molecular weight is 262 g/mol. The van der Waals surface area contributed by atoms with E-state index in [-0.39, 0.29) is 5.92 Å². The van der Waals surface area contributed by atoms with Gasteiger partial charge >= 0.3 is 5.97 Å². The molecule has 5 heteroatoms. The van der Waals surface area contributed by atoms with E-state index in [0.29, 0.717) is 15.7 Å². The topological polar surface area (TPSA) is 49.3 Å². The van der Waals surface area contributed by atoms with E-state index >= 15 is 0 Å². The zero-order valence-electron chi connectivity index (χ0n) is 9.00. The number of hydrogen-bond acceptors (Lipinski definition) is 2. The maximum atomic E-state index is 11.0. The van der Waals surface area contributed by atoms with Gasteiger partial charge in [-0.1, -0.05) is 37.0 Å². The number of anilines is 1. The lowest BCUT2D eigenvalue weighted by molar-refractivity contribution is -0.138. The summed E-state index contributed by atoms with van der Waals surface area (Å²) in [5.74, 6) is -0.929. The van der Waals surface area contributed by atoms with Crippen LogP contribution in [0.2, 0.25) is 10.0 Å². The molecule has 0 aliphatic carbocycles. The van der Waals surface area contributed by atoms with Gasteiger partial charge in [0.1, 0.15) is 6.04 Å². The Balaban J connectivity index is 2.89. The average Bonchev–Trinajstić information content (AvgIpc) is 2.11. The Kier molecular flexibility index (Phi) is 4.44. The lowest BCUT2D eigenvalue weighted by Gasteiger charge is -2.19. The Morgan fingerprint density at radius 2 is 1.75 bits per heavy atom. The molecule has 0 bridgehead atoms. The summed E-state index contributed by atoms with van der Waals surface area (Å²) in [6.07, 6.45) is 0. The van der Waals surface area contributed by atoms with Gasteiger partial charge in [0.15, 0.2) is 0 Å². The Hall–Kier alpha value is -0.930. The van der Waals surface area contributed by atoms with Crippen molar-refractivity contribution >= 4 is 34.9 Å². The Morgan fingerprint density at radius 1 is 1.25 bits per heavy atom. The number of halogens is 2. The largest absolute Gasteiger partial charge is 0.480 e. The van der Waals surface area contributed by atoms with E-state index in [1.807, 2.05) is 13.8 Å². The molecule has 88 valence electrons. The molecule has 0 heterocycles. The quantitative estimate of drug-likeness (QED) is 0.872. The van der Waals surface area contributed by atoms with Gasteiger partial charge in [-0.15, -0.1) is 0 Å². The van der Waals surface area contributed by atoms with E-state index in [9.17, 15) is 4.79 Å². The molecular weight excluding hydrogens is 249 g/mol. The maximum absolute atomic E-state index is 11.0. The van der Waals surface area contributed by atoms with Crippen LogP contribution in [0.25, 0.3) is 0 Å². The Bertz CT molecular complexity index is 373. The van der Waals surface area contributed by atoms with Crippen LogP contribution in [0.1, 0.15) is 13.8 Å². The highest BCUT2D eigenvalue weighted by Gasteiger charge is 2.21. The van der Waals surface area contributed by atoms with Crippen molar-refractivity contribution in [2.24, 2.45) is 5.92 Å². The fourth-order valence-corrected chi connectivity index (χ4v) is 1.86. The molecule has 1 aromatic rings. The van der Waals surface area contributed by atoms with Crippen molar-refractivity contribution in [2.45, 2.75) is 19.9 Å². The normalized spacial score (nSPS) is 12.6. The predicted octanol–water partition coefficient (Wildman–Crippen LogP) is 3.51. The van der Waals surface area contributed by atoms with Crippen molar-refractivity contribution in [3.8, 4) is 0 Å². The fourth-order valence-electron chi connectivity index (χ4n) is 1.33. The van der Waals surface area contributed by atoms with Gasteiger partial charge in [-0.25, -0.2) is 4.79 Å². The molecule has 2 N–H and O–H groups in total. The standard InChI is InChI=1S/C11H13Cl2NO2/c1-6(2)10(11(15)16)14-9-4-7(12)3-8(13)5-9/h3-6,10,14H,1-2H3,(H,15,16). The highest BCUT2D eigenvalue weighted by Crippen LogP contribution is 2.23. The van der Waals surface area contributed by atoms with Crippen LogP contribution >= 0.6 is 23.2 Å². The number of hydrogen-bond donors (Lipinski definition) is 2. The molecule has 16 heavy (non-hydrogen) atoms. The summed E-state index contributed by atoms with van der Waals surface area (Å²) in [6.45, 7) is 3.66. The minimum absolute atomic E-state index is 0.0322. The Morgan fingerprint density at radius 3 is 2.12 bits per heavy atom. The third kappa shape index (κ3) is 3.58. The SMILES string of the molecule is CC(C)C(Nc1cc(Cl)cc(Cl)c1)C(=O)O. The van der Waals surface area contributed by atoms with Crippen molar-refractivity contribution in [1.82, 2.24) is 0 Å². The summed E-state index contributed by atoms with van der Waals surface area (Å²) in [4.78, 5) is 11.0. The van der Waals surface area contributed by atoms with Gasteiger partial charge in [-0.05, 0) is 24.1 Å². The molecular formula is C11H13Cl2NO2. The van der Waals surface area contributed by atoms with Crippen molar-refractivity contribution in [1.29, 1.82) is 0 Å². The first-order chi connectivity index (χ1) is 7.40. The second-order valence-corrected chi connectivity index (χ2v) is 4.74. The molecule has 0 saturated heterocycles. The van der Waals surface area contributed by atoms with Gasteiger partial charge in [-0.3, -0.25) is 0 Å². The minimum Gasteiger partial charge on any atom is -0.480 e. The van der Waals surface area contributed by atoms with Crippen LogP contribution in [0.15, 0.2) is 18.2 Å². The summed E-state index contributed by atoms with van der Waals surface area (Å²) in [7, 11) is 0. The number of nitrogens with one attached hydrogen (secondary N) is 1. The van der Waals surface area contributed by atoms with Gasteiger partial charge < -0.3 is 10.4 Å². The lowest BCUT2D eigenvalue weighted by Crippen LogP contribution is -2.34. The molecule has 0 amide bonds. The van der Waals surface area contributed by atoms with Crippen molar-refractivity contribution in [3.05, 3.63) is 28.2 Å². The molecule has 1 atom stereocenters. The van der Waals surface area contributed by atoms with Crippen molar-refractivity contribution < 1.29 is 9.90 Å². The van der Waals surface area contributed by atoms with Crippen LogP contribution in [0.4, 0.5) is 5.69 Å². The maximum Gasteiger partial charge on any atom is 0.326 e. The Labute approximate surface area is 104 Å². The van der Waals surface area contributed by atoms with E-state index in [0.717, 1.165) is 0 Å². The van der Waals surface area contributed by atoms with Crippen LogP contribution in [0, 0.1) is 5.92 Å². The summed E-state index contributed by atoms with van der Waals surface area (Å²) in [5.41, 5.74) is 0.610. The predicted molar refractivity (Wildman–Crippen MR) is 66.3 cm³/mol. The van der Waals surface area contributed by atoms with Crippen LogP contribution in [-0.4, -0.2) is 17.1 Å². The monoisotopic (exact) mass is 261 g/mol. The smallest absolute Gasteiger partial charge is 0.326 e. The summed E-state index contributed by atoms with van der Waals surface area (Å²) < 4.78 is 0. The molecule has 0 aliphatic rings. The number of carboxylic acids is 1. The van der Waals surface area contributed by atoms with Crippen LogP contribution < -0.4 is 5.32 Å². The van der Waals surface area contributed by atoms with Gasteiger partial charge in [0, 0.05) is 15.7 Å². The van der Waals surface area contributed by atoms with Crippen molar-refractivity contribution in [3.63, 3.8) is 0 Å². The first kappa shape index (κ1) is 13.1. The number of rotatable bonds is 4. The summed E-state index contributed by atoms with van der Waals surface area (Å²) in [5, 5.41) is 12.9. The van der Waals surface area contributed by atoms with Crippen LogP contribution in [0.3, 0.4) is 0 Å². The third-order valence-electron chi connectivity index (χ3n) is 2.12. The molecule has 1 aromatic carbocycles. The van der Waals surface area contributed by atoms with E-state index in [1.54, 1.807) is 18.2 Å². The van der Waals surface area contributed by atoms with E-state index in [2.05, 4.69) is 5.32 Å². The summed E-state index contributed by atoms with van der Waals surface area (Å²) in [6, 6.07) is 4.23. The first-order valence-corrected chi connectivity index (χ1v) is 5.61. The first-order valence-electron chi connectivity index (χ1n) is 4.85. The number of carboxylic acid groups (broad SMARTS) is 1. The van der Waals surface area contributed by atoms with Gasteiger partial charge in [0.2, 0.25) is 0 Å². The number of carbonyl (C=O) groups is 1. The molecule has 3 nitrogen and oxygen atoms in total. The second kappa shape index (κ2) is 5.41. The lowest BCUT2D eigenvalue weighted by atomic mass is 10.0. The van der Waals surface area contributed by atoms with E-state index in [1.165, 1.54) is 0 Å². The number of benzene rings is 1. The molecule has 1 rings (SSSR count). The number of aliphatic carboxylic acids is 1. The van der Waals surface area contributed by atoms with Crippen LogP contribution in [0.5, 0.6) is 0 Å². The molecule has 0 aliphatic heterocycles. The van der Waals surface area contributed by atoms with E-state index < -0.39 is 12.0 Å². The fraction of sp³-hybridized carbons (Fsp3) is 0.364. The third-order valence-corrected chi connectivity index (χ3v) is 2.55. The van der Waals surface area contributed by atoms with E-state index in [4.69, 9.17) is 28.3 Å². The second-order valence-electron chi connectivity index (χ2n) is 3.86. The molecule has 0 spiro atoms. The molecule has 0 saturated carbocycles. The molecule has 0 aromatic heterocycles. The van der Waals surface area contributed by atoms with Gasteiger partial charge in [-0.2, -0.15) is 0 Å². The molecule has 0 fully saturated rings. The molecule has 0 radical (unpaired) electrons. The van der Waals surface area contributed by atoms with Crippen molar-refractivity contribution in [2.75, 3.05) is 5.32 Å². The van der Waals surface area contributed by atoms with Gasteiger partial charge in [0.25, 0.3) is 0 Å². The van der Waals surface area contributed by atoms with Crippen LogP contribution in [-0.2, 0) is 4.79 Å². The zero-order valence-corrected chi connectivity index (χ0v) is 10.5. The molecule has 1 unspecified atom stereocenters. The highest BCUT2D eigenvalue weighted by molar-refractivity contribution is 6.35. The summed E-state index contributed by atoms with van der Waals surface area (Å²) >= 11 is 11.6. The van der Waals surface area contributed by atoms with Gasteiger partial charge in [0.05, 0.1) is 0 Å².